The fourth-order valence-electron chi connectivity index (χ4n) is 2.71. The summed E-state index contributed by atoms with van der Waals surface area (Å²) in [5, 5.41) is 3.24. The first-order valence-electron chi connectivity index (χ1n) is 7.22. The van der Waals surface area contributed by atoms with Crippen LogP contribution in [0, 0.1) is 0 Å². The number of allylic oxidation sites excluding steroid dienone is 2. The van der Waals surface area contributed by atoms with E-state index in [0.717, 1.165) is 22.4 Å². The van der Waals surface area contributed by atoms with Gasteiger partial charge in [0.25, 0.3) is 0 Å². The van der Waals surface area contributed by atoms with Crippen LogP contribution in [0.25, 0.3) is 5.57 Å². The highest BCUT2D eigenvalue weighted by Crippen LogP contribution is 2.34. The molecule has 0 saturated heterocycles. The molecule has 0 fully saturated rings. The molecular formula is C18H18N2O2. The Hall–Kier alpha value is -2.46. The van der Waals surface area contributed by atoms with Crippen molar-refractivity contribution in [1.29, 1.82) is 0 Å². The molecule has 2 aromatic rings. The van der Waals surface area contributed by atoms with Gasteiger partial charge >= 0.3 is 0 Å². The van der Waals surface area contributed by atoms with Gasteiger partial charge in [0, 0.05) is 36.3 Å². The molecule has 3 rings (SSSR count). The first kappa shape index (κ1) is 14.5. The smallest absolute Gasteiger partial charge is 0.211 e. The number of hydrogen-bond acceptors (Lipinski definition) is 4. The number of carbonyl (C=O) groups is 1. The SMILES string of the molecule is CO[C@H](C)c1cnccc1/C(C)=C1\Nc2ccccc2C1=O. The summed E-state index contributed by atoms with van der Waals surface area (Å²) in [6.45, 7) is 3.92. The van der Waals surface area contributed by atoms with E-state index in [0.29, 0.717) is 11.3 Å². The molecule has 4 heteroatoms. The summed E-state index contributed by atoms with van der Waals surface area (Å²) in [5.74, 6) is 0.0286. The van der Waals surface area contributed by atoms with Crippen molar-refractivity contribution in [3.05, 3.63) is 65.1 Å². The molecule has 1 N–H and O–H groups in total. The van der Waals surface area contributed by atoms with E-state index in [1.165, 1.54) is 0 Å². The van der Waals surface area contributed by atoms with Crippen molar-refractivity contribution in [3.8, 4) is 0 Å². The molecule has 112 valence electrons. The number of ether oxygens (including phenoxy) is 1. The Balaban J connectivity index is 2.09. The fraction of sp³-hybridized carbons (Fsp3) is 0.222. The number of pyridine rings is 1. The molecule has 0 unspecified atom stereocenters. The van der Waals surface area contributed by atoms with Gasteiger partial charge in [0.15, 0.2) is 0 Å². The zero-order valence-electron chi connectivity index (χ0n) is 12.9. The lowest BCUT2D eigenvalue weighted by Gasteiger charge is -2.16. The quantitative estimate of drug-likeness (QED) is 0.874. The summed E-state index contributed by atoms with van der Waals surface area (Å²) in [7, 11) is 1.67. The number of nitrogens with one attached hydrogen (secondary N) is 1. The molecule has 1 atom stereocenters. The molecule has 0 amide bonds. The van der Waals surface area contributed by atoms with Crippen LogP contribution in [-0.2, 0) is 4.74 Å². The number of benzene rings is 1. The Morgan fingerprint density at radius 2 is 2.05 bits per heavy atom. The molecular weight excluding hydrogens is 276 g/mol. The van der Waals surface area contributed by atoms with Gasteiger partial charge in [-0.25, -0.2) is 0 Å². The van der Waals surface area contributed by atoms with E-state index in [4.69, 9.17) is 4.74 Å². The van der Waals surface area contributed by atoms with Crippen molar-refractivity contribution in [3.63, 3.8) is 0 Å². The first-order valence-corrected chi connectivity index (χ1v) is 7.22. The minimum Gasteiger partial charge on any atom is -0.377 e. The van der Waals surface area contributed by atoms with Gasteiger partial charge in [0.1, 0.15) is 0 Å². The third-order valence-corrected chi connectivity index (χ3v) is 4.08. The molecule has 1 aliphatic rings. The topological polar surface area (TPSA) is 51.2 Å². The Labute approximate surface area is 129 Å². The molecule has 0 bridgehead atoms. The summed E-state index contributed by atoms with van der Waals surface area (Å²) in [4.78, 5) is 16.8. The minimum atomic E-state index is -0.0851. The van der Waals surface area contributed by atoms with Crippen LogP contribution in [0.1, 0.15) is 41.4 Å². The van der Waals surface area contributed by atoms with E-state index in [9.17, 15) is 4.79 Å². The highest BCUT2D eigenvalue weighted by atomic mass is 16.5. The third kappa shape index (κ3) is 2.31. The Morgan fingerprint density at radius 3 is 2.77 bits per heavy atom. The lowest BCUT2D eigenvalue weighted by molar-refractivity contribution is 0.104. The number of rotatable bonds is 3. The Bertz CT molecular complexity index is 765. The number of hydrogen-bond donors (Lipinski definition) is 1. The van der Waals surface area contributed by atoms with E-state index >= 15 is 0 Å². The monoisotopic (exact) mass is 294 g/mol. The second-order valence-corrected chi connectivity index (χ2v) is 5.34. The largest absolute Gasteiger partial charge is 0.377 e. The van der Waals surface area contributed by atoms with Crippen LogP contribution in [-0.4, -0.2) is 17.9 Å². The van der Waals surface area contributed by atoms with Crippen LogP contribution in [0.5, 0.6) is 0 Å². The number of anilines is 1. The van der Waals surface area contributed by atoms with Crippen LogP contribution in [0.3, 0.4) is 0 Å². The maximum Gasteiger partial charge on any atom is 0.211 e. The number of methoxy groups -OCH3 is 1. The molecule has 1 aliphatic heterocycles. The van der Waals surface area contributed by atoms with Gasteiger partial charge in [-0.2, -0.15) is 0 Å². The van der Waals surface area contributed by atoms with Gasteiger partial charge in [-0.15, -0.1) is 0 Å². The molecule has 1 aromatic carbocycles. The summed E-state index contributed by atoms with van der Waals surface area (Å²) >= 11 is 0. The van der Waals surface area contributed by atoms with Crippen molar-refractivity contribution >= 4 is 17.0 Å². The number of fused-ring (bicyclic) bond motifs is 1. The lowest BCUT2D eigenvalue weighted by Crippen LogP contribution is -2.07. The minimum absolute atomic E-state index is 0.0286. The summed E-state index contributed by atoms with van der Waals surface area (Å²) < 4.78 is 5.41. The molecule has 0 aliphatic carbocycles. The zero-order chi connectivity index (χ0) is 15.7. The van der Waals surface area contributed by atoms with Crippen LogP contribution in [0.2, 0.25) is 0 Å². The molecule has 1 aromatic heterocycles. The van der Waals surface area contributed by atoms with Crippen LogP contribution in [0.15, 0.2) is 48.4 Å². The van der Waals surface area contributed by atoms with E-state index in [2.05, 4.69) is 10.3 Å². The van der Waals surface area contributed by atoms with Gasteiger partial charge in [-0.3, -0.25) is 9.78 Å². The van der Waals surface area contributed by atoms with Crippen molar-refractivity contribution < 1.29 is 9.53 Å². The third-order valence-electron chi connectivity index (χ3n) is 4.08. The number of aromatic nitrogens is 1. The Kier molecular flexibility index (Phi) is 3.77. The van der Waals surface area contributed by atoms with Gasteiger partial charge in [-0.1, -0.05) is 12.1 Å². The molecule has 4 nitrogen and oxygen atoms in total. The van der Waals surface area contributed by atoms with Gasteiger partial charge < -0.3 is 10.1 Å². The lowest BCUT2D eigenvalue weighted by atomic mass is 9.97. The van der Waals surface area contributed by atoms with Gasteiger partial charge in [0.2, 0.25) is 5.78 Å². The standard InChI is InChI=1S/C18H18N2O2/c1-11(13-8-9-19-10-15(13)12(2)22-3)17-18(21)14-6-4-5-7-16(14)20-17/h4-10,12,20H,1-3H3/b17-11-/t12-/m1/s1. The number of Topliss-reactive ketones (excluding diaryl/α,β-unsaturated/α-hetero) is 1. The summed E-state index contributed by atoms with van der Waals surface area (Å²) in [5.41, 5.74) is 5.05. The van der Waals surface area contributed by atoms with Crippen molar-refractivity contribution in [2.75, 3.05) is 12.4 Å². The highest BCUT2D eigenvalue weighted by molar-refractivity contribution is 6.21. The predicted molar refractivity (Wildman–Crippen MR) is 86.7 cm³/mol. The van der Waals surface area contributed by atoms with E-state index in [-0.39, 0.29) is 11.9 Å². The molecule has 0 spiro atoms. The molecule has 0 saturated carbocycles. The zero-order valence-corrected chi connectivity index (χ0v) is 12.9. The maximum atomic E-state index is 12.6. The average molecular weight is 294 g/mol. The summed E-state index contributed by atoms with van der Waals surface area (Å²) in [6.07, 6.45) is 3.44. The predicted octanol–water partition coefficient (Wildman–Crippen LogP) is 3.83. The van der Waals surface area contributed by atoms with Crippen LogP contribution < -0.4 is 5.32 Å². The van der Waals surface area contributed by atoms with E-state index in [1.54, 1.807) is 19.5 Å². The summed E-state index contributed by atoms with van der Waals surface area (Å²) in [6, 6.07) is 9.48. The molecule has 2 heterocycles. The fourth-order valence-corrected chi connectivity index (χ4v) is 2.71. The van der Waals surface area contributed by atoms with Gasteiger partial charge in [0.05, 0.1) is 11.8 Å². The first-order chi connectivity index (χ1) is 10.6. The average Bonchev–Trinajstić information content (AvgIpc) is 2.91. The van der Waals surface area contributed by atoms with Crippen molar-refractivity contribution in [2.45, 2.75) is 20.0 Å². The van der Waals surface area contributed by atoms with E-state index in [1.807, 2.05) is 44.2 Å². The molecule has 0 radical (unpaired) electrons. The highest BCUT2D eigenvalue weighted by Gasteiger charge is 2.27. The van der Waals surface area contributed by atoms with Crippen molar-refractivity contribution in [1.82, 2.24) is 4.98 Å². The molecule has 22 heavy (non-hydrogen) atoms. The maximum absolute atomic E-state index is 12.6. The van der Waals surface area contributed by atoms with Crippen LogP contribution in [0.4, 0.5) is 5.69 Å². The number of para-hydroxylation sites is 1. The van der Waals surface area contributed by atoms with Crippen LogP contribution >= 0.6 is 0 Å². The number of nitrogens with zero attached hydrogens (tertiary/aromatic N) is 1. The van der Waals surface area contributed by atoms with E-state index < -0.39 is 0 Å². The van der Waals surface area contributed by atoms with Gasteiger partial charge in [-0.05, 0) is 43.2 Å². The number of ketones is 1. The second-order valence-electron chi connectivity index (χ2n) is 5.34. The van der Waals surface area contributed by atoms with Crippen molar-refractivity contribution in [2.24, 2.45) is 0 Å². The second kappa shape index (κ2) is 5.73. The Morgan fingerprint density at radius 1 is 1.27 bits per heavy atom. The normalized spacial score (nSPS) is 17.0. The number of carbonyl (C=O) groups excluding carboxylic acids is 1.